The van der Waals surface area contributed by atoms with E-state index < -0.39 is 0 Å². The molecule has 1 aromatic carbocycles. The summed E-state index contributed by atoms with van der Waals surface area (Å²) in [5, 5.41) is 3.67. The van der Waals surface area contributed by atoms with Crippen LogP contribution in [0.4, 0.5) is 0 Å². The second-order valence-electron chi connectivity index (χ2n) is 8.91. The largest absolute Gasteiger partial charge is 0.314 e. The fourth-order valence-electron chi connectivity index (χ4n) is 4.29. The third-order valence-corrected chi connectivity index (χ3v) is 5.93. The lowest BCUT2D eigenvalue weighted by Crippen LogP contribution is -2.52. The van der Waals surface area contributed by atoms with Crippen LogP contribution in [-0.2, 0) is 5.41 Å². The van der Waals surface area contributed by atoms with Gasteiger partial charge in [-0.15, -0.1) is 24.8 Å². The lowest BCUT2D eigenvalue weighted by Gasteiger charge is -2.41. The summed E-state index contributed by atoms with van der Waals surface area (Å²) in [5.41, 5.74) is 2.29. The molecule has 2 aliphatic rings. The van der Waals surface area contributed by atoms with E-state index in [0.717, 1.165) is 30.5 Å². The molecule has 3 nitrogen and oxygen atoms in total. The van der Waals surface area contributed by atoms with Crippen LogP contribution in [0, 0.1) is 5.92 Å². The molecule has 0 bridgehead atoms. The van der Waals surface area contributed by atoms with Crippen molar-refractivity contribution in [3.05, 3.63) is 35.4 Å². The smallest absolute Gasteiger partial charge is 0.162 e. The first kappa shape index (κ1) is 24.4. The summed E-state index contributed by atoms with van der Waals surface area (Å²) in [7, 11) is 0. The summed E-state index contributed by atoms with van der Waals surface area (Å²) in [5.74, 6) is 1.11. The maximum atomic E-state index is 12.4. The minimum absolute atomic E-state index is 0. The summed E-state index contributed by atoms with van der Waals surface area (Å²) in [6.07, 6.45) is 5.60. The van der Waals surface area contributed by atoms with E-state index in [2.05, 4.69) is 43.1 Å². The van der Waals surface area contributed by atoms with Crippen LogP contribution in [0.15, 0.2) is 24.3 Å². The Balaban J connectivity index is 0.00000182. The summed E-state index contributed by atoms with van der Waals surface area (Å²) in [6, 6.07) is 8.96. The van der Waals surface area contributed by atoms with E-state index in [-0.39, 0.29) is 36.0 Å². The number of likely N-dealkylation sites (tertiary alicyclic amines) is 1. The summed E-state index contributed by atoms with van der Waals surface area (Å²) < 4.78 is 0. The lowest BCUT2D eigenvalue weighted by atomic mass is 9.85. The average molecular weight is 415 g/mol. The van der Waals surface area contributed by atoms with Gasteiger partial charge in [-0.1, -0.05) is 45.0 Å². The number of rotatable bonds is 5. The predicted molar refractivity (Wildman–Crippen MR) is 119 cm³/mol. The molecule has 5 heteroatoms. The first-order valence-electron chi connectivity index (χ1n) is 10.0. The van der Waals surface area contributed by atoms with Gasteiger partial charge in [0.25, 0.3) is 0 Å². The van der Waals surface area contributed by atoms with Crippen LogP contribution in [0.25, 0.3) is 0 Å². The maximum Gasteiger partial charge on any atom is 0.162 e. The van der Waals surface area contributed by atoms with Crippen LogP contribution in [-0.4, -0.2) is 42.9 Å². The van der Waals surface area contributed by atoms with Crippen LogP contribution in [0.2, 0.25) is 0 Å². The zero-order chi connectivity index (χ0) is 17.9. The van der Waals surface area contributed by atoms with E-state index in [4.69, 9.17) is 0 Å². The molecule has 2 heterocycles. The Bertz CT molecular complexity index is 583. The van der Waals surface area contributed by atoms with Crippen molar-refractivity contribution >= 4 is 30.6 Å². The number of piperidine rings is 2. The first-order chi connectivity index (χ1) is 11.9. The van der Waals surface area contributed by atoms with Crippen molar-refractivity contribution in [2.24, 2.45) is 5.92 Å². The van der Waals surface area contributed by atoms with Gasteiger partial charge in [0.05, 0.1) is 0 Å². The van der Waals surface area contributed by atoms with Crippen molar-refractivity contribution in [1.29, 1.82) is 0 Å². The zero-order valence-electron chi connectivity index (χ0n) is 17.0. The molecule has 1 N–H and O–H groups in total. The second kappa shape index (κ2) is 10.8. The van der Waals surface area contributed by atoms with Gasteiger partial charge in [0, 0.05) is 24.6 Å². The Morgan fingerprint density at radius 1 is 1.15 bits per heavy atom. The number of nitrogens with one attached hydrogen (secondary N) is 1. The van der Waals surface area contributed by atoms with E-state index in [1.807, 2.05) is 12.1 Å². The van der Waals surface area contributed by atoms with Gasteiger partial charge in [-0.2, -0.15) is 0 Å². The van der Waals surface area contributed by atoms with Gasteiger partial charge in [-0.05, 0) is 62.2 Å². The summed E-state index contributed by atoms with van der Waals surface area (Å²) >= 11 is 0. The van der Waals surface area contributed by atoms with E-state index in [1.54, 1.807) is 0 Å². The minimum atomic E-state index is 0. The summed E-state index contributed by atoms with van der Waals surface area (Å²) in [4.78, 5) is 15.0. The molecule has 0 spiro atoms. The number of hydrogen-bond acceptors (Lipinski definition) is 3. The monoisotopic (exact) mass is 414 g/mol. The normalized spacial score (nSPS) is 22.9. The number of carbonyl (C=O) groups is 1. The topological polar surface area (TPSA) is 32.3 Å². The molecule has 0 aliphatic carbocycles. The Hall–Kier alpha value is -0.610. The van der Waals surface area contributed by atoms with E-state index in [9.17, 15) is 4.79 Å². The van der Waals surface area contributed by atoms with Crippen molar-refractivity contribution < 1.29 is 4.79 Å². The Kier molecular flexibility index (Phi) is 9.77. The fraction of sp³-hybridized carbons (Fsp3) is 0.682. The van der Waals surface area contributed by atoms with Crippen LogP contribution in [0.1, 0.15) is 68.8 Å². The number of Topliss-reactive ketones (excluding diaryl/α,β-unsaturated/α-hetero) is 1. The van der Waals surface area contributed by atoms with Gasteiger partial charge >= 0.3 is 0 Å². The highest BCUT2D eigenvalue weighted by Gasteiger charge is 2.30. The quantitative estimate of drug-likeness (QED) is 0.697. The molecule has 3 rings (SSSR count). The Morgan fingerprint density at radius 3 is 2.52 bits per heavy atom. The maximum absolute atomic E-state index is 12.4. The number of nitrogens with zero attached hydrogens (tertiary/aromatic N) is 1. The number of carbonyl (C=O) groups excluding carboxylic acids is 1. The number of halogens is 2. The summed E-state index contributed by atoms with van der Waals surface area (Å²) in [6.45, 7) is 11.3. The molecule has 1 aromatic rings. The Labute approximate surface area is 177 Å². The van der Waals surface area contributed by atoms with Crippen LogP contribution < -0.4 is 5.32 Å². The number of fused-ring (bicyclic) bond motifs is 1. The number of ketones is 1. The second-order valence-corrected chi connectivity index (χ2v) is 8.91. The van der Waals surface area contributed by atoms with Gasteiger partial charge in [-0.3, -0.25) is 4.79 Å². The third-order valence-electron chi connectivity index (χ3n) is 5.93. The molecule has 2 aliphatic heterocycles. The fourth-order valence-corrected chi connectivity index (χ4v) is 4.29. The van der Waals surface area contributed by atoms with Crippen molar-refractivity contribution in [1.82, 2.24) is 10.2 Å². The highest BCUT2D eigenvalue weighted by molar-refractivity contribution is 5.96. The molecule has 2 saturated heterocycles. The van der Waals surface area contributed by atoms with E-state index >= 15 is 0 Å². The third kappa shape index (κ3) is 6.74. The Morgan fingerprint density at radius 2 is 1.85 bits per heavy atom. The van der Waals surface area contributed by atoms with Crippen LogP contribution >= 0.6 is 24.8 Å². The van der Waals surface area contributed by atoms with Gasteiger partial charge in [0.1, 0.15) is 0 Å². The number of benzene rings is 1. The highest BCUT2D eigenvalue weighted by Crippen LogP contribution is 2.25. The molecule has 0 amide bonds. The first-order valence-corrected chi connectivity index (χ1v) is 10.0. The van der Waals surface area contributed by atoms with Crippen LogP contribution in [0.5, 0.6) is 0 Å². The standard InChI is InChI=1S/C22H34N2O.2ClH/c1-22(2,3)19-10-8-17(9-11-19)21(25)7-5-14-24-15-12-20-18(16-24)6-4-13-23-20;;/h8-11,18,20,23H,4-7,12-16H2,1-3H3;2*1H/t18-,20+;;/m1../s1. The molecule has 0 radical (unpaired) electrons. The molecule has 27 heavy (non-hydrogen) atoms. The van der Waals surface area contributed by atoms with Crippen molar-refractivity contribution in [2.45, 2.75) is 64.3 Å². The molecule has 154 valence electrons. The molecular formula is C22H36Cl2N2O. The zero-order valence-corrected chi connectivity index (χ0v) is 18.6. The molecule has 0 saturated carbocycles. The molecule has 2 atom stereocenters. The van der Waals surface area contributed by atoms with Crippen molar-refractivity contribution in [3.8, 4) is 0 Å². The number of hydrogen-bond donors (Lipinski definition) is 1. The lowest BCUT2D eigenvalue weighted by molar-refractivity contribution is 0.0945. The van der Waals surface area contributed by atoms with E-state index in [1.165, 1.54) is 44.5 Å². The SMILES string of the molecule is CC(C)(C)c1ccc(C(=O)CCCN2CC[C@@H]3NCCC[C@@H]3C2)cc1.Cl.Cl. The van der Waals surface area contributed by atoms with E-state index in [0.29, 0.717) is 6.42 Å². The van der Waals surface area contributed by atoms with Crippen molar-refractivity contribution in [3.63, 3.8) is 0 Å². The molecule has 0 aromatic heterocycles. The predicted octanol–water partition coefficient (Wildman–Crippen LogP) is 4.86. The molecule has 2 fully saturated rings. The van der Waals surface area contributed by atoms with Gasteiger partial charge in [-0.25, -0.2) is 0 Å². The van der Waals surface area contributed by atoms with Crippen molar-refractivity contribution in [2.75, 3.05) is 26.2 Å². The van der Waals surface area contributed by atoms with Crippen LogP contribution in [0.3, 0.4) is 0 Å². The molecular weight excluding hydrogens is 379 g/mol. The minimum Gasteiger partial charge on any atom is -0.314 e. The van der Waals surface area contributed by atoms with Gasteiger partial charge in [0.15, 0.2) is 5.78 Å². The average Bonchev–Trinajstić information content (AvgIpc) is 2.61. The van der Waals surface area contributed by atoms with Gasteiger partial charge < -0.3 is 10.2 Å². The molecule has 0 unspecified atom stereocenters. The highest BCUT2D eigenvalue weighted by atomic mass is 35.5. The van der Waals surface area contributed by atoms with Gasteiger partial charge in [0.2, 0.25) is 0 Å².